The summed E-state index contributed by atoms with van der Waals surface area (Å²) in [5.41, 5.74) is 3.23. The molecule has 8 heteroatoms. The zero-order chi connectivity index (χ0) is 21.7. The number of hydrogen-bond acceptors (Lipinski definition) is 6. The number of rotatable bonds is 8. The van der Waals surface area contributed by atoms with E-state index in [1.807, 2.05) is 17.5 Å². The molecule has 1 saturated heterocycles. The van der Waals surface area contributed by atoms with Gasteiger partial charge in [-0.15, -0.1) is 11.3 Å². The molecule has 0 bridgehead atoms. The summed E-state index contributed by atoms with van der Waals surface area (Å²) in [6, 6.07) is 20.8. The van der Waals surface area contributed by atoms with Crippen molar-refractivity contribution in [3.63, 3.8) is 0 Å². The van der Waals surface area contributed by atoms with Crippen LogP contribution in [0.25, 0.3) is 0 Å². The van der Waals surface area contributed by atoms with Gasteiger partial charge in [0, 0.05) is 25.0 Å². The van der Waals surface area contributed by atoms with Crippen LogP contribution in [0.1, 0.15) is 35.8 Å². The molecule has 1 aliphatic rings. The Hall–Kier alpha value is -2.26. The number of hydrogen-bond donors (Lipinski definition) is 1. The lowest BCUT2D eigenvalue weighted by Gasteiger charge is -2.34. The van der Waals surface area contributed by atoms with Gasteiger partial charge in [0.25, 0.3) is 0 Å². The quantitative estimate of drug-likeness (QED) is 0.547. The number of benzene rings is 2. The molecule has 0 saturated carbocycles. The van der Waals surface area contributed by atoms with E-state index in [-0.39, 0.29) is 12.2 Å². The summed E-state index contributed by atoms with van der Waals surface area (Å²) < 4.78 is 31.8. The molecule has 0 unspecified atom stereocenters. The maximum absolute atomic E-state index is 11.4. The van der Waals surface area contributed by atoms with Gasteiger partial charge in [-0.3, -0.25) is 9.62 Å². The van der Waals surface area contributed by atoms with Crippen LogP contribution in [0.3, 0.4) is 0 Å². The van der Waals surface area contributed by atoms with Crippen LogP contribution in [-0.4, -0.2) is 43.8 Å². The molecular weight excluding hydrogens is 430 g/mol. The van der Waals surface area contributed by atoms with Gasteiger partial charge in [0.05, 0.1) is 18.1 Å². The van der Waals surface area contributed by atoms with Crippen molar-refractivity contribution in [1.29, 1.82) is 0 Å². The van der Waals surface area contributed by atoms with Gasteiger partial charge in [0.2, 0.25) is 10.0 Å². The average molecular weight is 458 g/mol. The summed E-state index contributed by atoms with van der Waals surface area (Å²) in [7, 11) is -3.29. The van der Waals surface area contributed by atoms with Crippen LogP contribution in [0.5, 0.6) is 0 Å². The third-order valence-corrected chi connectivity index (χ3v) is 6.78. The van der Waals surface area contributed by atoms with E-state index in [0.29, 0.717) is 5.13 Å². The van der Waals surface area contributed by atoms with E-state index in [1.54, 1.807) is 0 Å². The van der Waals surface area contributed by atoms with E-state index in [4.69, 9.17) is 4.74 Å². The van der Waals surface area contributed by atoms with Crippen LogP contribution in [-0.2, 0) is 21.3 Å². The first-order valence-electron chi connectivity index (χ1n) is 10.4. The molecule has 164 valence electrons. The van der Waals surface area contributed by atoms with E-state index in [0.717, 1.165) is 44.4 Å². The summed E-state index contributed by atoms with van der Waals surface area (Å²) in [6.45, 7) is 2.57. The summed E-state index contributed by atoms with van der Waals surface area (Å²) in [5, 5.41) is 2.33. The number of sulfonamides is 1. The van der Waals surface area contributed by atoms with Crippen molar-refractivity contribution in [2.45, 2.75) is 31.6 Å². The fourth-order valence-electron chi connectivity index (χ4n) is 3.82. The third kappa shape index (κ3) is 6.36. The predicted octanol–water partition coefficient (Wildman–Crippen LogP) is 4.29. The molecule has 1 N–H and O–H groups in total. The normalized spacial score (nSPS) is 15.9. The van der Waals surface area contributed by atoms with Crippen molar-refractivity contribution in [3.05, 3.63) is 82.9 Å². The van der Waals surface area contributed by atoms with Crippen molar-refractivity contribution >= 4 is 26.5 Å². The molecule has 0 radical (unpaired) electrons. The Morgan fingerprint density at radius 2 is 1.65 bits per heavy atom. The van der Waals surface area contributed by atoms with E-state index in [1.165, 1.54) is 22.5 Å². The van der Waals surface area contributed by atoms with E-state index < -0.39 is 10.0 Å². The first kappa shape index (κ1) is 22.0. The second kappa shape index (κ2) is 9.91. The molecule has 31 heavy (non-hydrogen) atoms. The lowest BCUT2D eigenvalue weighted by Crippen LogP contribution is -2.37. The summed E-state index contributed by atoms with van der Waals surface area (Å²) in [4.78, 5) is 6.74. The number of anilines is 1. The average Bonchev–Trinajstić information content (AvgIpc) is 3.19. The summed E-state index contributed by atoms with van der Waals surface area (Å²) in [5.74, 6) is 0. The van der Waals surface area contributed by atoms with Gasteiger partial charge in [-0.25, -0.2) is 13.4 Å². The van der Waals surface area contributed by atoms with Crippen LogP contribution in [0.15, 0.2) is 66.0 Å². The van der Waals surface area contributed by atoms with Crippen LogP contribution in [0.4, 0.5) is 5.13 Å². The topological polar surface area (TPSA) is 71.5 Å². The van der Waals surface area contributed by atoms with Crippen LogP contribution in [0, 0.1) is 0 Å². The zero-order valence-electron chi connectivity index (χ0n) is 17.5. The Morgan fingerprint density at radius 1 is 1.06 bits per heavy atom. The molecule has 0 atom stereocenters. The first-order valence-corrected chi connectivity index (χ1v) is 13.1. The van der Waals surface area contributed by atoms with Gasteiger partial charge >= 0.3 is 0 Å². The van der Waals surface area contributed by atoms with Gasteiger partial charge in [-0.05, 0) is 24.0 Å². The van der Waals surface area contributed by atoms with Crippen molar-refractivity contribution in [2.24, 2.45) is 0 Å². The highest BCUT2D eigenvalue weighted by Gasteiger charge is 2.25. The molecule has 1 aromatic heterocycles. The molecule has 4 rings (SSSR count). The lowest BCUT2D eigenvalue weighted by atomic mass is 10.00. The molecule has 3 aromatic rings. The number of ether oxygens (including phenoxy) is 1. The summed E-state index contributed by atoms with van der Waals surface area (Å²) >= 11 is 1.32. The smallest absolute Gasteiger partial charge is 0.231 e. The van der Waals surface area contributed by atoms with Crippen molar-refractivity contribution in [3.8, 4) is 0 Å². The molecule has 6 nitrogen and oxygen atoms in total. The van der Waals surface area contributed by atoms with Crippen molar-refractivity contribution in [1.82, 2.24) is 9.88 Å². The highest BCUT2D eigenvalue weighted by molar-refractivity contribution is 7.92. The van der Waals surface area contributed by atoms with Gasteiger partial charge in [-0.1, -0.05) is 60.7 Å². The summed E-state index contributed by atoms with van der Waals surface area (Å²) in [6.07, 6.45) is 3.17. The Kier molecular flexibility index (Phi) is 7.02. The highest BCUT2D eigenvalue weighted by Crippen LogP contribution is 2.30. The monoisotopic (exact) mass is 457 g/mol. The lowest BCUT2D eigenvalue weighted by molar-refractivity contribution is -0.0282. The van der Waals surface area contributed by atoms with E-state index in [2.05, 4.69) is 63.1 Å². The Bertz CT molecular complexity index is 1020. The van der Waals surface area contributed by atoms with Crippen LogP contribution >= 0.6 is 11.3 Å². The van der Waals surface area contributed by atoms with Gasteiger partial charge in [-0.2, -0.15) is 0 Å². The number of nitrogens with one attached hydrogen (secondary N) is 1. The molecule has 0 amide bonds. The Balaban J connectivity index is 1.35. The largest absolute Gasteiger partial charge is 0.365 e. The third-order valence-electron chi connectivity index (χ3n) is 5.28. The number of thiazole rings is 1. The second-order valence-corrected chi connectivity index (χ2v) is 10.4. The molecule has 1 fully saturated rings. The van der Waals surface area contributed by atoms with E-state index in [9.17, 15) is 8.42 Å². The number of piperidine rings is 1. The molecule has 1 aliphatic heterocycles. The molecule has 2 aromatic carbocycles. The van der Waals surface area contributed by atoms with Crippen molar-refractivity contribution in [2.75, 3.05) is 24.1 Å². The molecule has 0 spiro atoms. The molecule has 0 aliphatic carbocycles. The Labute approximate surface area is 188 Å². The van der Waals surface area contributed by atoms with Crippen molar-refractivity contribution < 1.29 is 13.2 Å². The van der Waals surface area contributed by atoms with Crippen LogP contribution < -0.4 is 4.72 Å². The maximum atomic E-state index is 11.4. The minimum Gasteiger partial charge on any atom is -0.365 e. The SMILES string of the molecule is CS(=O)(=O)Nc1nc(CN2CCC(OC(c3ccccc3)c3ccccc3)CC2)cs1. The molecule has 2 heterocycles. The maximum Gasteiger partial charge on any atom is 0.231 e. The fraction of sp³-hybridized carbons (Fsp3) is 0.348. The number of aromatic nitrogens is 1. The van der Waals surface area contributed by atoms with Crippen LogP contribution in [0.2, 0.25) is 0 Å². The second-order valence-electron chi connectivity index (χ2n) is 7.83. The first-order chi connectivity index (χ1) is 15.0. The minimum absolute atomic E-state index is 0.0675. The van der Waals surface area contributed by atoms with Gasteiger partial charge < -0.3 is 4.74 Å². The minimum atomic E-state index is -3.29. The van der Waals surface area contributed by atoms with E-state index >= 15 is 0 Å². The zero-order valence-corrected chi connectivity index (χ0v) is 19.1. The van der Waals surface area contributed by atoms with Gasteiger partial charge in [0.1, 0.15) is 6.10 Å². The highest BCUT2D eigenvalue weighted by atomic mass is 32.2. The number of likely N-dealkylation sites (tertiary alicyclic amines) is 1. The predicted molar refractivity (Wildman–Crippen MR) is 125 cm³/mol. The number of nitrogens with zero attached hydrogens (tertiary/aromatic N) is 2. The Morgan fingerprint density at radius 3 is 2.19 bits per heavy atom. The fourth-order valence-corrected chi connectivity index (χ4v) is 5.37. The van der Waals surface area contributed by atoms with Gasteiger partial charge in [0.15, 0.2) is 5.13 Å². The standard InChI is InChI=1S/C23H27N3O3S2/c1-31(27,28)25-23-24-20(17-30-23)16-26-14-12-21(13-15-26)29-22(18-8-4-2-5-9-18)19-10-6-3-7-11-19/h2-11,17,21-22H,12-16H2,1H3,(H,24,25). The molecular formula is C23H27N3O3S2.